The minimum atomic E-state index is -1.67. The first-order chi connectivity index (χ1) is 7.13. The number of rotatable bonds is 3. The number of carbonyl (C=O) groups excluding carboxylic acids is 1. The molecular weight excluding hydrogens is 210 g/mol. The Hall–Kier alpha value is -1.47. The molecule has 1 unspecified atom stereocenters. The minimum absolute atomic E-state index is 0.134. The van der Waals surface area contributed by atoms with E-state index in [1.807, 2.05) is 31.2 Å². The Morgan fingerprint density at radius 2 is 2.00 bits per heavy atom. The normalized spacial score (nSPS) is 11.7. The molecule has 0 bridgehead atoms. The SMILES string of the molecule is Cc1ccc(CC(=O)S(=O)CC#N)cc1. The van der Waals surface area contributed by atoms with Gasteiger partial charge < -0.3 is 0 Å². The summed E-state index contributed by atoms with van der Waals surface area (Å²) in [5.74, 6) is -0.218. The highest BCUT2D eigenvalue weighted by atomic mass is 32.2. The van der Waals surface area contributed by atoms with Gasteiger partial charge in [0.2, 0.25) is 5.12 Å². The highest BCUT2D eigenvalue weighted by molar-refractivity contribution is 8.00. The molecule has 0 aliphatic carbocycles. The fourth-order valence-electron chi connectivity index (χ4n) is 1.09. The lowest BCUT2D eigenvalue weighted by atomic mass is 10.1. The molecule has 1 aromatic rings. The summed E-state index contributed by atoms with van der Waals surface area (Å²) in [4.78, 5) is 11.3. The van der Waals surface area contributed by atoms with Gasteiger partial charge in [0, 0.05) is 6.42 Å². The van der Waals surface area contributed by atoms with E-state index in [9.17, 15) is 9.00 Å². The molecule has 4 heteroatoms. The molecule has 0 aliphatic rings. The topological polar surface area (TPSA) is 57.9 Å². The van der Waals surface area contributed by atoms with E-state index in [2.05, 4.69) is 0 Å². The van der Waals surface area contributed by atoms with E-state index < -0.39 is 10.8 Å². The van der Waals surface area contributed by atoms with E-state index in [0.717, 1.165) is 11.1 Å². The fourth-order valence-corrected chi connectivity index (χ4v) is 1.70. The third-order valence-corrected chi connectivity index (χ3v) is 2.96. The van der Waals surface area contributed by atoms with Crippen LogP contribution in [0.1, 0.15) is 11.1 Å². The van der Waals surface area contributed by atoms with Crippen LogP contribution in [0.15, 0.2) is 24.3 Å². The Balaban J connectivity index is 2.63. The average Bonchev–Trinajstić information content (AvgIpc) is 2.22. The van der Waals surface area contributed by atoms with Gasteiger partial charge in [-0.3, -0.25) is 9.00 Å². The van der Waals surface area contributed by atoms with Gasteiger partial charge in [0.1, 0.15) is 16.6 Å². The summed E-state index contributed by atoms with van der Waals surface area (Å²) in [6.45, 7) is 1.96. The molecule has 0 spiro atoms. The monoisotopic (exact) mass is 221 g/mol. The molecule has 0 aliphatic heterocycles. The van der Waals surface area contributed by atoms with Gasteiger partial charge in [0.25, 0.3) is 0 Å². The highest BCUT2D eigenvalue weighted by Gasteiger charge is 2.11. The number of hydrogen-bond acceptors (Lipinski definition) is 3. The van der Waals surface area contributed by atoms with E-state index in [1.54, 1.807) is 6.07 Å². The Morgan fingerprint density at radius 1 is 1.40 bits per heavy atom. The smallest absolute Gasteiger partial charge is 0.224 e. The van der Waals surface area contributed by atoms with Gasteiger partial charge in [0.15, 0.2) is 0 Å². The van der Waals surface area contributed by atoms with E-state index >= 15 is 0 Å². The number of aryl methyl sites for hydroxylation is 1. The van der Waals surface area contributed by atoms with Gasteiger partial charge in [-0.15, -0.1) is 0 Å². The van der Waals surface area contributed by atoms with Crippen molar-refractivity contribution < 1.29 is 9.00 Å². The van der Waals surface area contributed by atoms with Gasteiger partial charge >= 0.3 is 0 Å². The lowest BCUT2D eigenvalue weighted by Crippen LogP contribution is -2.12. The van der Waals surface area contributed by atoms with Crippen LogP contribution in [0, 0.1) is 18.3 Å². The Bertz CT molecular complexity index is 417. The van der Waals surface area contributed by atoms with Crippen molar-refractivity contribution in [3.63, 3.8) is 0 Å². The second-order valence-corrected chi connectivity index (χ2v) is 4.62. The van der Waals surface area contributed by atoms with Crippen molar-refractivity contribution in [2.24, 2.45) is 0 Å². The maximum Gasteiger partial charge on any atom is 0.224 e. The molecule has 0 amide bonds. The van der Waals surface area contributed by atoms with Crippen LogP contribution < -0.4 is 0 Å². The van der Waals surface area contributed by atoms with Crippen molar-refractivity contribution >= 4 is 15.9 Å². The zero-order valence-electron chi connectivity index (χ0n) is 8.40. The number of carbonyl (C=O) groups is 1. The number of hydrogen-bond donors (Lipinski definition) is 0. The third kappa shape index (κ3) is 3.64. The first-order valence-electron chi connectivity index (χ1n) is 4.47. The van der Waals surface area contributed by atoms with Gasteiger partial charge in [-0.1, -0.05) is 29.8 Å². The third-order valence-electron chi connectivity index (χ3n) is 1.92. The first kappa shape index (κ1) is 11.6. The first-order valence-corrected chi connectivity index (χ1v) is 5.79. The van der Waals surface area contributed by atoms with Crippen molar-refractivity contribution in [3.05, 3.63) is 35.4 Å². The van der Waals surface area contributed by atoms with Crippen LogP contribution in [0.2, 0.25) is 0 Å². The highest BCUT2D eigenvalue weighted by Crippen LogP contribution is 2.05. The number of benzene rings is 1. The molecule has 0 saturated heterocycles. The van der Waals surface area contributed by atoms with Gasteiger partial charge in [0.05, 0.1) is 6.07 Å². The van der Waals surface area contributed by atoms with Crippen LogP contribution in [0.5, 0.6) is 0 Å². The Morgan fingerprint density at radius 3 is 2.53 bits per heavy atom. The van der Waals surface area contributed by atoms with Crippen LogP contribution in [0.3, 0.4) is 0 Å². The van der Waals surface area contributed by atoms with Gasteiger partial charge in [-0.2, -0.15) is 5.26 Å². The minimum Gasteiger partial charge on any atom is -0.284 e. The molecule has 0 N–H and O–H groups in total. The summed E-state index contributed by atoms with van der Waals surface area (Å²) in [7, 11) is -1.67. The molecule has 0 heterocycles. The van der Waals surface area contributed by atoms with Crippen LogP contribution >= 0.6 is 0 Å². The predicted molar refractivity (Wildman–Crippen MR) is 58.5 cm³/mol. The van der Waals surface area contributed by atoms with E-state index in [0.29, 0.717) is 0 Å². The maximum atomic E-state index is 11.3. The molecule has 78 valence electrons. The number of nitriles is 1. The second-order valence-electron chi connectivity index (χ2n) is 3.18. The summed E-state index contributed by atoms with van der Waals surface area (Å²) in [6, 6.07) is 9.18. The molecule has 3 nitrogen and oxygen atoms in total. The largest absolute Gasteiger partial charge is 0.284 e. The molecule has 1 atom stereocenters. The van der Waals surface area contributed by atoms with Crippen molar-refractivity contribution in [2.45, 2.75) is 13.3 Å². The lowest BCUT2D eigenvalue weighted by Gasteiger charge is -1.99. The summed E-state index contributed by atoms with van der Waals surface area (Å²) >= 11 is 0. The summed E-state index contributed by atoms with van der Waals surface area (Å²) < 4.78 is 11.2. The van der Waals surface area contributed by atoms with Crippen molar-refractivity contribution in [1.29, 1.82) is 5.26 Å². The van der Waals surface area contributed by atoms with E-state index in [-0.39, 0.29) is 17.3 Å². The van der Waals surface area contributed by atoms with Gasteiger partial charge in [-0.05, 0) is 12.5 Å². The molecule has 15 heavy (non-hydrogen) atoms. The van der Waals surface area contributed by atoms with Crippen LogP contribution in [0.4, 0.5) is 0 Å². The van der Waals surface area contributed by atoms with E-state index in [4.69, 9.17) is 5.26 Å². The van der Waals surface area contributed by atoms with Crippen LogP contribution in [-0.4, -0.2) is 15.1 Å². The number of nitrogens with zero attached hydrogens (tertiary/aromatic N) is 1. The average molecular weight is 221 g/mol. The van der Waals surface area contributed by atoms with Gasteiger partial charge in [-0.25, -0.2) is 0 Å². The summed E-state index contributed by atoms with van der Waals surface area (Å²) in [5, 5.41) is 7.90. The fraction of sp³-hybridized carbons (Fsp3) is 0.273. The van der Waals surface area contributed by atoms with Crippen LogP contribution in [0.25, 0.3) is 0 Å². The van der Waals surface area contributed by atoms with E-state index in [1.165, 1.54) is 0 Å². The zero-order valence-corrected chi connectivity index (χ0v) is 9.21. The Kier molecular flexibility index (Phi) is 4.19. The predicted octanol–water partition coefficient (Wildman–Crippen LogP) is 1.34. The molecule has 0 radical (unpaired) electrons. The lowest BCUT2D eigenvalue weighted by molar-refractivity contribution is -0.110. The maximum absolute atomic E-state index is 11.3. The standard InChI is InChI=1S/C11H11NO2S/c1-9-2-4-10(5-3-9)8-11(13)15(14)7-6-12/h2-5H,7-8H2,1H3. The van der Waals surface area contributed by atoms with Crippen LogP contribution in [-0.2, 0) is 22.0 Å². The molecule has 0 saturated carbocycles. The molecule has 1 aromatic carbocycles. The van der Waals surface area contributed by atoms with Crippen molar-refractivity contribution in [3.8, 4) is 6.07 Å². The Labute approximate surface area is 91.2 Å². The molecule has 0 aromatic heterocycles. The summed E-state index contributed by atoms with van der Waals surface area (Å²) in [5.41, 5.74) is 1.95. The molecule has 0 fully saturated rings. The quantitative estimate of drug-likeness (QED) is 0.773. The van der Waals surface area contributed by atoms with Crippen molar-refractivity contribution in [2.75, 3.05) is 5.75 Å². The molecular formula is C11H11NO2S. The second kappa shape index (κ2) is 5.42. The zero-order chi connectivity index (χ0) is 11.3. The molecule has 1 rings (SSSR count). The van der Waals surface area contributed by atoms with Crippen molar-refractivity contribution in [1.82, 2.24) is 0 Å². The summed E-state index contributed by atoms with van der Waals surface area (Å²) in [6.07, 6.45) is 0.134.